The number of aliphatic carboxylic acids is 1. The summed E-state index contributed by atoms with van der Waals surface area (Å²) in [5.41, 5.74) is -3.34. The second kappa shape index (κ2) is 10.5. The third kappa shape index (κ3) is 4.16. The second-order valence-electron chi connectivity index (χ2n) is 11.8. The Bertz CT molecular complexity index is 1510. The number of likely N-dealkylation sites (tertiary alicyclic amines) is 1. The summed E-state index contributed by atoms with van der Waals surface area (Å²) in [6.45, 7) is 4.09. The lowest BCUT2D eigenvalue weighted by molar-refractivity contribution is -0.139. The van der Waals surface area contributed by atoms with Gasteiger partial charge in [0.1, 0.15) is 5.82 Å². The number of carbonyl (C=O) groups is 2. The summed E-state index contributed by atoms with van der Waals surface area (Å²) >= 11 is 0. The standard InChI is InChI=1S/C33H35FN2O7/c1-21(2)32-31(43-32,29(41)35-25-11-7-4-8-12-25)30(22-9-5-3-6-10-22)33(42-30,23-13-15-24(34)16-14-23)36(32)18-17-26(37)19-27(38)20-28(39)40/h3-16,21,26-27,37-38H,17-20H2,1-2H3,(H,35,41)(H,39,40)/t26-,27-,30?,31?,32?,33?/m1/s1. The van der Waals surface area contributed by atoms with Gasteiger partial charge in [-0.1, -0.05) is 74.5 Å². The van der Waals surface area contributed by atoms with Crippen LogP contribution in [0.2, 0.25) is 0 Å². The van der Waals surface area contributed by atoms with Crippen LogP contribution in [0.15, 0.2) is 84.9 Å². The summed E-state index contributed by atoms with van der Waals surface area (Å²) < 4.78 is 27.7. The number of nitrogens with one attached hydrogen (secondary N) is 1. The summed E-state index contributed by atoms with van der Waals surface area (Å²) in [4.78, 5) is 27.5. The summed E-state index contributed by atoms with van der Waals surface area (Å²) in [6, 6.07) is 24.4. The van der Waals surface area contributed by atoms with Gasteiger partial charge in [-0.2, -0.15) is 0 Å². The molecular weight excluding hydrogens is 555 g/mol. The van der Waals surface area contributed by atoms with Crippen LogP contribution in [0.1, 0.15) is 44.2 Å². The van der Waals surface area contributed by atoms with Gasteiger partial charge in [-0.15, -0.1) is 0 Å². The van der Waals surface area contributed by atoms with Gasteiger partial charge in [0.15, 0.2) is 17.1 Å². The fourth-order valence-corrected chi connectivity index (χ4v) is 7.25. The quantitative estimate of drug-likeness (QED) is 0.233. The van der Waals surface area contributed by atoms with E-state index in [1.807, 2.05) is 67.3 Å². The van der Waals surface area contributed by atoms with E-state index in [1.54, 1.807) is 24.3 Å². The molecule has 3 heterocycles. The number of nitrogens with zero attached hydrogens (tertiary/aromatic N) is 1. The van der Waals surface area contributed by atoms with Gasteiger partial charge in [-0.05, 0) is 48.6 Å². The van der Waals surface area contributed by atoms with Crippen molar-refractivity contribution in [1.82, 2.24) is 4.90 Å². The molecule has 3 aliphatic heterocycles. The number of halogens is 1. The number of benzene rings is 3. The molecule has 3 fully saturated rings. The Morgan fingerprint density at radius 1 is 0.884 bits per heavy atom. The molecule has 1 amide bonds. The van der Waals surface area contributed by atoms with Crippen LogP contribution < -0.4 is 5.32 Å². The number of hydrogen-bond acceptors (Lipinski definition) is 7. The molecule has 0 spiro atoms. The van der Waals surface area contributed by atoms with Crippen LogP contribution in [0.5, 0.6) is 0 Å². The first-order valence-electron chi connectivity index (χ1n) is 14.5. The maximum Gasteiger partial charge on any atom is 0.305 e. The van der Waals surface area contributed by atoms with Crippen molar-refractivity contribution in [2.45, 2.75) is 68.0 Å². The summed E-state index contributed by atoms with van der Waals surface area (Å²) in [5, 5.41) is 33.1. The predicted molar refractivity (Wildman–Crippen MR) is 154 cm³/mol. The lowest BCUT2D eigenvalue weighted by Gasteiger charge is -2.36. The molecule has 226 valence electrons. The Kier molecular flexibility index (Phi) is 7.18. The highest BCUT2D eigenvalue weighted by atomic mass is 19.1. The zero-order valence-electron chi connectivity index (χ0n) is 23.9. The monoisotopic (exact) mass is 590 g/mol. The Morgan fingerprint density at radius 2 is 1.51 bits per heavy atom. The molecule has 3 aromatic rings. The van der Waals surface area contributed by atoms with E-state index < -0.39 is 53.1 Å². The second-order valence-corrected chi connectivity index (χ2v) is 11.8. The number of ether oxygens (including phenoxy) is 2. The molecule has 6 atom stereocenters. The highest BCUT2D eigenvalue weighted by Gasteiger charge is 3.06. The molecule has 3 aromatic carbocycles. The highest BCUT2D eigenvalue weighted by Crippen LogP contribution is 2.86. The van der Waals surface area contributed by atoms with E-state index >= 15 is 0 Å². The number of hydrogen-bond donors (Lipinski definition) is 4. The molecular formula is C33H35FN2O7. The third-order valence-electron chi connectivity index (χ3n) is 8.97. The van der Waals surface area contributed by atoms with Crippen molar-refractivity contribution in [2.75, 3.05) is 11.9 Å². The summed E-state index contributed by atoms with van der Waals surface area (Å²) in [7, 11) is 0. The van der Waals surface area contributed by atoms with E-state index in [9.17, 15) is 24.2 Å². The molecule has 0 bridgehead atoms. The number of carbonyl (C=O) groups excluding carboxylic acids is 1. The van der Waals surface area contributed by atoms with Crippen molar-refractivity contribution < 1.29 is 38.8 Å². The van der Waals surface area contributed by atoms with Crippen molar-refractivity contribution in [1.29, 1.82) is 0 Å². The van der Waals surface area contributed by atoms with Crippen molar-refractivity contribution in [2.24, 2.45) is 5.92 Å². The zero-order valence-corrected chi connectivity index (χ0v) is 23.9. The van der Waals surface area contributed by atoms with Crippen LogP contribution in [0.3, 0.4) is 0 Å². The van der Waals surface area contributed by atoms with Crippen molar-refractivity contribution in [3.63, 3.8) is 0 Å². The molecule has 0 saturated carbocycles. The first-order chi connectivity index (χ1) is 20.5. The van der Waals surface area contributed by atoms with Crippen LogP contribution in [-0.4, -0.2) is 62.2 Å². The van der Waals surface area contributed by atoms with Gasteiger partial charge in [-0.25, -0.2) is 9.29 Å². The van der Waals surface area contributed by atoms with Gasteiger partial charge in [-0.3, -0.25) is 9.59 Å². The molecule has 6 rings (SSSR count). The number of aliphatic hydroxyl groups excluding tert-OH is 2. The fraction of sp³-hybridized carbons (Fsp3) is 0.394. The number of carboxylic acid groups (broad SMARTS) is 1. The van der Waals surface area contributed by atoms with Crippen LogP contribution in [0.25, 0.3) is 0 Å². The smallest absolute Gasteiger partial charge is 0.305 e. The Morgan fingerprint density at radius 3 is 2.12 bits per heavy atom. The summed E-state index contributed by atoms with van der Waals surface area (Å²) in [6.07, 6.45) is -2.75. The van der Waals surface area contributed by atoms with E-state index in [2.05, 4.69) is 5.32 Å². The van der Waals surface area contributed by atoms with Crippen molar-refractivity contribution in [3.05, 3.63) is 102 Å². The van der Waals surface area contributed by atoms with Gasteiger partial charge in [0, 0.05) is 17.8 Å². The first kappa shape index (κ1) is 29.4. The highest BCUT2D eigenvalue weighted by molar-refractivity contribution is 6.03. The molecule has 4 unspecified atom stereocenters. The Hall–Kier alpha value is -3.67. The van der Waals surface area contributed by atoms with E-state index in [0.717, 1.165) is 0 Å². The maximum absolute atomic E-state index is 14.5. The average molecular weight is 591 g/mol. The molecule has 43 heavy (non-hydrogen) atoms. The van der Waals surface area contributed by atoms with Gasteiger partial charge in [0.2, 0.25) is 5.60 Å². The Balaban J connectivity index is 1.47. The van der Waals surface area contributed by atoms with Crippen LogP contribution in [0, 0.1) is 11.7 Å². The molecule has 10 heteroatoms. The molecule has 3 aliphatic rings. The minimum atomic E-state index is -1.52. The fourth-order valence-electron chi connectivity index (χ4n) is 7.25. The predicted octanol–water partition coefficient (Wildman–Crippen LogP) is 3.96. The average Bonchev–Trinajstić information content (AvgIpc) is 3.86. The van der Waals surface area contributed by atoms with Gasteiger partial charge >= 0.3 is 5.97 Å². The lowest BCUT2D eigenvalue weighted by Crippen LogP contribution is -2.52. The van der Waals surface area contributed by atoms with Crippen molar-refractivity contribution in [3.8, 4) is 0 Å². The van der Waals surface area contributed by atoms with E-state index in [-0.39, 0.29) is 31.2 Å². The number of rotatable bonds is 12. The Labute approximate surface area is 248 Å². The maximum atomic E-state index is 14.5. The largest absolute Gasteiger partial charge is 0.481 e. The van der Waals surface area contributed by atoms with Crippen LogP contribution >= 0.6 is 0 Å². The molecule has 9 nitrogen and oxygen atoms in total. The SMILES string of the molecule is CC(C)C12OC1(C(=O)Nc1ccccc1)C1(c3ccccc3)OC1(c1ccc(F)cc1)N2CC[C@@H](O)C[C@@H](O)CC(=O)O. The number of aliphatic hydroxyl groups is 2. The zero-order chi connectivity index (χ0) is 30.6. The van der Waals surface area contributed by atoms with E-state index in [0.29, 0.717) is 16.8 Å². The van der Waals surface area contributed by atoms with E-state index in [4.69, 9.17) is 14.6 Å². The topological polar surface area (TPSA) is 135 Å². The molecule has 0 aromatic heterocycles. The molecule has 3 saturated heterocycles. The van der Waals surface area contributed by atoms with Gasteiger partial charge < -0.3 is 30.1 Å². The number of fused-ring (bicyclic) bond motifs is 3. The van der Waals surface area contributed by atoms with Crippen molar-refractivity contribution >= 4 is 17.6 Å². The van der Waals surface area contributed by atoms with Crippen LogP contribution in [0.4, 0.5) is 10.1 Å². The summed E-state index contributed by atoms with van der Waals surface area (Å²) in [5.74, 6) is -2.21. The molecule has 0 radical (unpaired) electrons. The molecule has 0 aliphatic carbocycles. The number of carboxylic acids is 1. The first-order valence-corrected chi connectivity index (χ1v) is 14.5. The normalized spacial score (nSPS) is 30.3. The minimum absolute atomic E-state index is 0.127. The number of amides is 1. The minimum Gasteiger partial charge on any atom is -0.481 e. The van der Waals surface area contributed by atoms with Crippen LogP contribution in [-0.2, 0) is 30.4 Å². The van der Waals surface area contributed by atoms with E-state index in [1.165, 1.54) is 12.1 Å². The van der Waals surface area contributed by atoms with Gasteiger partial charge in [0.25, 0.3) is 5.91 Å². The third-order valence-corrected chi connectivity index (χ3v) is 8.97. The number of epoxide rings is 2. The number of anilines is 1. The lowest BCUT2D eigenvalue weighted by atomic mass is 9.76. The van der Waals surface area contributed by atoms with Gasteiger partial charge in [0.05, 0.1) is 18.6 Å². The molecule has 4 N–H and O–H groups in total. The number of para-hydroxylation sites is 1.